The zero-order chi connectivity index (χ0) is 11.4. The Hall–Kier alpha value is -2.44. The van der Waals surface area contributed by atoms with Crippen molar-refractivity contribution in [2.45, 2.75) is 0 Å². The normalized spacial score (nSPS) is 9.33. The van der Waals surface area contributed by atoms with E-state index < -0.39 is 29.6 Å². The molecule has 0 bridgehead atoms. The molecule has 80 valence electrons. The Balaban J connectivity index is 3.08. The van der Waals surface area contributed by atoms with Crippen LogP contribution in [0.2, 0.25) is 0 Å². The van der Waals surface area contributed by atoms with Gasteiger partial charge in [-0.1, -0.05) is 6.07 Å². The predicted molar refractivity (Wildman–Crippen MR) is 45.4 cm³/mol. The number of benzene rings is 1. The molecule has 0 aliphatic carbocycles. The molecule has 0 saturated heterocycles. The van der Waals surface area contributed by atoms with Crippen LogP contribution in [0, 0.1) is 0 Å². The molecule has 0 fully saturated rings. The lowest BCUT2D eigenvalue weighted by molar-refractivity contribution is 0.131. The van der Waals surface area contributed by atoms with E-state index in [0.717, 1.165) is 12.1 Å². The van der Waals surface area contributed by atoms with Crippen molar-refractivity contribution in [1.29, 1.82) is 0 Å². The number of hydrogen-bond donors (Lipinski definition) is 3. The number of rotatable bonds is 2. The molecular weight excluding hydrogens is 208 g/mol. The summed E-state index contributed by atoms with van der Waals surface area (Å²) in [5.41, 5.74) is 0. The van der Waals surface area contributed by atoms with E-state index >= 15 is 0 Å². The van der Waals surface area contributed by atoms with Crippen LogP contribution in [-0.4, -0.2) is 27.6 Å². The quantitative estimate of drug-likeness (QED) is 0.504. The molecule has 0 unspecified atom stereocenters. The molecule has 0 spiro atoms. The number of phenolic OH excluding ortho intramolecular Hbond substituents is 1. The van der Waals surface area contributed by atoms with Crippen molar-refractivity contribution < 1.29 is 34.4 Å². The van der Waals surface area contributed by atoms with E-state index in [0.29, 0.717) is 0 Å². The molecule has 0 atom stereocenters. The van der Waals surface area contributed by atoms with E-state index in [2.05, 4.69) is 9.47 Å². The van der Waals surface area contributed by atoms with E-state index in [-0.39, 0.29) is 0 Å². The topological polar surface area (TPSA) is 113 Å². The predicted octanol–water partition coefficient (Wildman–Crippen LogP) is 1.51. The van der Waals surface area contributed by atoms with Crippen LogP contribution in [0.1, 0.15) is 0 Å². The Bertz CT molecular complexity index is 398. The SMILES string of the molecule is O=C(O)Oc1cccc(O)c1OC(=O)O. The molecule has 15 heavy (non-hydrogen) atoms. The monoisotopic (exact) mass is 214 g/mol. The van der Waals surface area contributed by atoms with Gasteiger partial charge >= 0.3 is 12.3 Å². The first kappa shape index (κ1) is 10.6. The highest BCUT2D eigenvalue weighted by Gasteiger charge is 2.16. The maximum Gasteiger partial charge on any atom is 0.511 e. The van der Waals surface area contributed by atoms with E-state index in [1.54, 1.807) is 0 Å². The van der Waals surface area contributed by atoms with Crippen molar-refractivity contribution >= 4 is 12.3 Å². The van der Waals surface area contributed by atoms with Crippen molar-refractivity contribution in [1.82, 2.24) is 0 Å². The van der Waals surface area contributed by atoms with Gasteiger partial charge in [-0.15, -0.1) is 0 Å². The summed E-state index contributed by atoms with van der Waals surface area (Å²) in [6.45, 7) is 0. The van der Waals surface area contributed by atoms with E-state index in [1.165, 1.54) is 6.07 Å². The second-order valence-corrected chi connectivity index (χ2v) is 2.34. The summed E-state index contributed by atoms with van der Waals surface area (Å²) in [6.07, 6.45) is -3.33. The second kappa shape index (κ2) is 4.18. The number of aromatic hydroxyl groups is 1. The first-order valence-corrected chi connectivity index (χ1v) is 3.64. The molecule has 0 radical (unpaired) electrons. The zero-order valence-corrected chi connectivity index (χ0v) is 7.21. The maximum absolute atomic E-state index is 10.2. The van der Waals surface area contributed by atoms with Gasteiger partial charge in [-0.2, -0.15) is 0 Å². The Labute approximate surface area is 83.1 Å². The van der Waals surface area contributed by atoms with Gasteiger partial charge in [0, 0.05) is 0 Å². The largest absolute Gasteiger partial charge is 0.511 e. The summed E-state index contributed by atoms with van der Waals surface area (Å²) in [4.78, 5) is 20.4. The highest BCUT2D eigenvalue weighted by molar-refractivity contribution is 5.69. The van der Waals surface area contributed by atoms with Crippen molar-refractivity contribution in [3.63, 3.8) is 0 Å². The van der Waals surface area contributed by atoms with Crippen molar-refractivity contribution in [3.05, 3.63) is 18.2 Å². The lowest BCUT2D eigenvalue weighted by Crippen LogP contribution is -2.08. The van der Waals surface area contributed by atoms with Gasteiger partial charge in [0.25, 0.3) is 0 Å². The van der Waals surface area contributed by atoms with E-state index in [9.17, 15) is 14.7 Å². The minimum atomic E-state index is -1.69. The Morgan fingerprint density at radius 3 is 2.20 bits per heavy atom. The molecule has 7 heteroatoms. The van der Waals surface area contributed by atoms with Crippen molar-refractivity contribution in [2.24, 2.45) is 0 Å². The number of carboxylic acid groups (broad SMARTS) is 2. The fourth-order valence-electron chi connectivity index (χ4n) is 0.869. The van der Waals surface area contributed by atoms with Gasteiger partial charge in [0.2, 0.25) is 5.75 Å². The molecule has 0 aromatic heterocycles. The van der Waals surface area contributed by atoms with Gasteiger partial charge in [0.1, 0.15) is 0 Å². The third-order valence-corrected chi connectivity index (χ3v) is 1.34. The van der Waals surface area contributed by atoms with Crippen LogP contribution in [0.5, 0.6) is 17.2 Å². The molecule has 0 aliphatic heterocycles. The van der Waals surface area contributed by atoms with Gasteiger partial charge in [-0.05, 0) is 12.1 Å². The molecule has 1 aromatic carbocycles. The highest BCUT2D eigenvalue weighted by Crippen LogP contribution is 2.36. The number of carbonyl (C=O) groups is 2. The lowest BCUT2D eigenvalue weighted by atomic mass is 10.3. The molecular formula is C8H6O7. The van der Waals surface area contributed by atoms with Crippen LogP contribution in [0.4, 0.5) is 9.59 Å². The molecule has 1 rings (SSSR count). The maximum atomic E-state index is 10.2. The zero-order valence-electron chi connectivity index (χ0n) is 7.21. The smallest absolute Gasteiger partial charge is 0.504 e. The van der Waals surface area contributed by atoms with Gasteiger partial charge in [0.05, 0.1) is 0 Å². The summed E-state index contributed by atoms with van der Waals surface area (Å²) in [5, 5.41) is 25.8. The van der Waals surface area contributed by atoms with Crippen molar-refractivity contribution in [3.8, 4) is 17.2 Å². The van der Waals surface area contributed by atoms with Gasteiger partial charge in [-0.3, -0.25) is 0 Å². The van der Waals surface area contributed by atoms with Gasteiger partial charge in [0.15, 0.2) is 11.5 Å². The van der Waals surface area contributed by atoms with E-state index in [4.69, 9.17) is 10.2 Å². The van der Waals surface area contributed by atoms with E-state index in [1.807, 2.05) is 0 Å². The molecule has 0 amide bonds. The summed E-state index contributed by atoms with van der Waals surface area (Å²) < 4.78 is 8.35. The van der Waals surface area contributed by atoms with Crippen LogP contribution in [0.15, 0.2) is 18.2 Å². The minimum absolute atomic E-state index is 0.398. The number of phenols is 1. The molecule has 7 nitrogen and oxygen atoms in total. The van der Waals surface area contributed by atoms with Crippen LogP contribution in [-0.2, 0) is 0 Å². The Morgan fingerprint density at radius 1 is 1.07 bits per heavy atom. The average Bonchev–Trinajstić information content (AvgIpc) is 2.09. The molecule has 3 N–H and O–H groups in total. The van der Waals surface area contributed by atoms with Crippen LogP contribution < -0.4 is 9.47 Å². The summed E-state index contributed by atoms with van der Waals surface area (Å²) in [7, 11) is 0. The van der Waals surface area contributed by atoms with Crippen LogP contribution >= 0.6 is 0 Å². The summed E-state index contributed by atoms with van der Waals surface area (Å²) >= 11 is 0. The standard InChI is InChI=1S/C8H6O7/c9-4-2-1-3-5(14-7(10)11)6(4)15-8(12)13/h1-3,9H,(H,10,11)(H,12,13). The minimum Gasteiger partial charge on any atom is -0.504 e. The molecule has 0 heterocycles. The van der Waals surface area contributed by atoms with Gasteiger partial charge < -0.3 is 24.8 Å². The molecule has 1 aromatic rings. The third kappa shape index (κ3) is 2.76. The number of ether oxygens (including phenoxy) is 2. The molecule has 0 aliphatic rings. The lowest BCUT2D eigenvalue weighted by Gasteiger charge is -2.07. The number of hydrogen-bond acceptors (Lipinski definition) is 5. The summed E-state index contributed by atoms with van der Waals surface area (Å²) in [6, 6.07) is 3.56. The van der Waals surface area contributed by atoms with Crippen molar-refractivity contribution in [2.75, 3.05) is 0 Å². The Morgan fingerprint density at radius 2 is 1.67 bits per heavy atom. The fourth-order valence-corrected chi connectivity index (χ4v) is 0.869. The third-order valence-electron chi connectivity index (χ3n) is 1.34. The second-order valence-electron chi connectivity index (χ2n) is 2.34. The van der Waals surface area contributed by atoms with Gasteiger partial charge in [-0.25, -0.2) is 9.59 Å². The number of para-hydroxylation sites is 1. The highest BCUT2D eigenvalue weighted by atomic mass is 16.7. The summed E-state index contributed by atoms with van der Waals surface area (Å²) in [5.74, 6) is -1.49. The fraction of sp³-hybridized carbons (Fsp3) is 0. The Kier molecular flexibility index (Phi) is 2.97. The van der Waals surface area contributed by atoms with Crippen LogP contribution in [0.25, 0.3) is 0 Å². The molecule has 0 saturated carbocycles. The van der Waals surface area contributed by atoms with Crippen LogP contribution in [0.3, 0.4) is 0 Å². The average molecular weight is 214 g/mol. The first-order chi connectivity index (χ1) is 7.00. The first-order valence-electron chi connectivity index (χ1n) is 3.64.